The molecule has 3 rings (SSSR count). The first kappa shape index (κ1) is 15.6. The monoisotopic (exact) mass is 313 g/mol. The summed E-state index contributed by atoms with van der Waals surface area (Å²) in [6, 6.07) is 6.30. The zero-order chi connectivity index (χ0) is 16.2. The molecule has 0 unspecified atom stereocenters. The number of likely N-dealkylation sites (tertiary alicyclic amines) is 1. The largest absolute Gasteiger partial charge is 0.496 e. The number of carbonyl (C=O) groups is 1. The van der Waals surface area contributed by atoms with E-state index in [9.17, 15) is 4.79 Å². The van der Waals surface area contributed by atoms with Gasteiger partial charge in [-0.05, 0) is 25.8 Å². The van der Waals surface area contributed by atoms with Gasteiger partial charge in [-0.3, -0.25) is 4.79 Å². The molecule has 0 radical (unpaired) electrons. The number of piperidine rings is 1. The van der Waals surface area contributed by atoms with E-state index in [0.29, 0.717) is 12.5 Å². The highest BCUT2D eigenvalue weighted by Crippen LogP contribution is 2.24. The molecule has 1 aromatic carbocycles. The fourth-order valence-electron chi connectivity index (χ4n) is 3.23. The van der Waals surface area contributed by atoms with Crippen LogP contribution in [0.2, 0.25) is 0 Å². The maximum Gasteiger partial charge on any atom is 0.227 e. The van der Waals surface area contributed by atoms with Crippen LogP contribution in [0.15, 0.2) is 36.9 Å². The van der Waals surface area contributed by atoms with Gasteiger partial charge in [-0.25, -0.2) is 4.98 Å². The van der Waals surface area contributed by atoms with Gasteiger partial charge in [0.15, 0.2) is 0 Å². The average molecular weight is 313 g/mol. The van der Waals surface area contributed by atoms with Crippen LogP contribution in [-0.2, 0) is 11.2 Å². The molecular formula is C18H23N3O2. The second-order valence-corrected chi connectivity index (χ2v) is 6.14. The van der Waals surface area contributed by atoms with E-state index in [1.165, 1.54) is 0 Å². The Bertz CT molecular complexity index is 667. The van der Waals surface area contributed by atoms with Crippen LogP contribution in [-0.4, -0.2) is 40.6 Å². The van der Waals surface area contributed by atoms with Crippen LogP contribution in [0.4, 0.5) is 0 Å². The summed E-state index contributed by atoms with van der Waals surface area (Å²) in [6.45, 7) is 3.62. The number of hydrogen-bond acceptors (Lipinski definition) is 3. The number of hydrogen-bond donors (Lipinski definition) is 0. The van der Waals surface area contributed by atoms with Crippen molar-refractivity contribution in [2.75, 3.05) is 20.2 Å². The van der Waals surface area contributed by atoms with Crippen molar-refractivity contribution in [3.8, 4) is 5.75 Å². The molecule has 0 bridgehead atoms. The second-order valence-electron chi connectivity index (χ2n) is 6.14. The van der Waals surface area contributed by atoms with E-state index in [1.54, 1.807) is 13.3 Å². The number of benzene rings is 1. The summed E-state index contributed by atoms with van der Waals surface area (Å²) >= 11 is 0. The third kappa shape index (κ3) is 3.55. The van der Waals surface area contributed by atoms with Gasteiger partial charge in [-0.1, -0.05) is 17.7 Å². The van der Waals surface area contributed by atoms with E-state index in [4.69, 9.17) is 4.74 Å². The quantitative estimate of drug-likeness (QED) is 0.872. The number of methoxy groups -OCH3 is 1. The maximum absolute atomic E-state index is 12.7. The lowest BCUT2D eigenvalue weighted by Gasteiger charge is -2.33. The van der Waals surface area contributed by atoms with Crippen LogP contribution in [0, 0.1) is 6.92 Å². The van der Waals surface area contributed by atoms with Crippen molar-refractivity contribution in [1.29, 1.82) is 0 Å². The fraction of sp³-hybridized carbons (Fsp3) is 0.444. The van der Waals surface area contributed by atoms with Crippen LogP contribution < -0.4 is 4.74 Å². The smallest absolute Gasteiger partial charge is 0.227 e. The third-order valence-electron chi connectivity index (χ3n) is 4.47. The molecule has 1 atom stereocenters. The lowest BCUT2D eigenvalue weighted by molar-refractivity contribution is -0.132. The number of aromatic nitrogens is 2. The van der Waals surface area contributed by atoms with Gasteiger partial charge in [-0.15, -0.1) is 0 Å². The molecule has 1 saturated heterocycles. The van der Waals surface area contributed by atoms with Crippen LogP contribution in [0.1, 0.15) is 30.0 Å². The summed E-state index contributed by atoms with van der Waals surface area (Å²) in [4.78, 5) is 18.8. The summed E-state index contributed by atoms with van der Waals surface area (Å²) in [5, 5.41) is 0. The van der Waals surface area contributed by atoms with Crippen molar-refractivity contribution in [2.24, 2.45) is 0 Å². The molecule has 5 heteroatoms. The average Bonchev–Trinajstić information content (AvgIpc) is 3.10. The van der Waals surface area contributed by atoms with E-state index >= 15 is 0 Å². The van der Waals surface area contributed by atoms with E-state index < -0.39 is 0 Å². The van der Waals surface area contributed by atoms with Crippen LogP contribution in [0.5, 0.6) is 5.75 Å². The van der Waals surface area contributed by atoms with Crippen molar-refractivity contribution in [3.05, 3.63) is 48.0 Å². The number of nitrogens with zero attached hydrogens (tertiary/aromatic N) is 3. The van der Waals surface area contributed by atoms with E-state index in [1.807, 2.05) is 42.5 Å². The molecule has 5 nitrogen and oxygen atoms in total. The molecule has 1 aromatic heterocycles. The molecule has 0 saturated carbocycles. The number of amides is 1. The van der Waals surface area contributed by atoms with Gasteiger partial charge in [0.25, 0.3) is 0 Å². The highest BCUT2D eigenvalue weighted by molar-refractivity contribution is 5.79. The van der Waals surface area contributed by atoms with Gasteiger partial charge in [0.2, 0.25) is 5.91 Å². The molecule has 0 N–H and O–H groups in total. The Morgan fingerprint density at radius 3 is 3.04 bits per heavy atom. The highest BCUT2D eigenvalue weighted by Gasteiger charge is 2.25. The van der Waals surface area contributed by atoms with E-state index in [2.05, 4.69) is 9.55 Å². The standard InChI is InChI=1S/C18H23N3O2/c1-14-5-6-17(23-2)15(10-14)11-18(22)20-8-3-4-16(12-20)21-9-7-19-13-21/h5-7,9-10,13,16H,3-4,8,11-12H2,1-2H3/t16-/m1/s1. The van der Waals surface area contributed by atoms with E-state index in [0.717, 1.165) is 42.8 Å². The van der Waals surface area contributed by atoms with Gasteiger partial charge >= 0.3 is 0 Å². The Balaban J connectivity index is 1.69. The SMILES string of the molecule is COc1ccc(C)cc1CC(=O)N1CCC[C@@H](n2ccnc2)C1. The molecular weight excluding hydrogens is 290 g/mol. The third-order valence-corrected chi connectivity index (χ3v) is 4.47. The van der Waals surface area contributed by atoms with Gasteiger partial charge in [0, 0.05) is 31.0 Å². The van der Waals surface area contributed by atoms with Crippen molar-refractivity contribution in [2.45, 2.75) is 32.2 Å². The molecule has 23 heavy (non-hydrogen) atoms. The Hall–Kier alpha value is -2.30. The first-order valence-electron chi connectivity index (χ1n) is 8.06. The molecule has 2 heterocycles. The Kier molecular flexibility index (Phi) is 4.65. The van der Waals surface area contributed by atoms with Gasteiger partial charge in [0.1, 0.15) is 5.75 Å². The van der Waals surface area contributed by atoms with Crippen molar-refractivity contribution >= 4 is 5.91 Å². The maximum atomic E-state index is 12.7. The van der Waals surface area contributed by atoms with Gasteiger partial charge in [-0.2, -0.15) is 0 Å². The molecule has 122 valence electrons. The summed E-state index contributed by atoms with van der Waals surface area (Å²) in [5.41, 5.74) is 2.10. The minimum atomic E-state index is 0.165. The fourth-order valence-corrected chi connectivity index (χ4v) is 3.23. The summed E-state index contributed by atoms with van der Waals surface area (Å²) < 4.78 is 7.49. The number of rotatable bonds is 4. The number of imidazole rings is 1. The number of aryl methyl sites for hydroxylation is 1. The minimum Gasteiger partial charge on any atom is -0.496 e. The molecule has 1 fully saturated rings. The minimum absolute atomic E-state index is 0.165. The number of carbonyl (C=O) groups excluding carboxylic acids is 1. The van der Waals surface area contributed by atoms with Crippen molar-refractivity contribution < 1.29 is 9.53 Å². The molecule has 1 aliphatic heterocycles. The predicted octanol–water partition coefficient (Wildman–Crippen LogP) is 2.61. The Morgan fingerprint density at radius 1 is 1.43 bits per heavy atom. The number of ether oxygens (including phenoxy) is 1. The molecule has 2 aromatic rings. The first-order chi connectivity index (χ1) is 11.2. The first-order valence-corrected chi connectivity index (χ1v) is 8.06. The van der Waals surface area contributed by atoms with Gasteiger partial charge in [0.05, 0.1) is 25.9 Å². The van der Waals surface area contributed by atoms with Gasteiger partial charge < -0.3 is 14.2 Å². The van der Waals surface area contributed by atoms with Crippen LogP contribution in [0.3, 0.4) is 0 Å². The van der Waals surface area contributed by atoms with Crippen LogP contribution >= 0.6 is 0 Å². The zero-order valence-electron chi connectivity index (χ0n) is 13.7. The highest BCUT2D eigenvalue weighted by atomic mass is 16.5. The second kappa shape index (κ2) is 6.86. The molecule has 1 amide bonds. The molecule has 0 spiro atoms. The topological polar surface area (TPSA) is 47.4 Å². The molecule has 0 aliphatic carbocycles. The summed E-state index contributed by atoms with van der Waals surface area (Å²) in [6.07, 6.45) is 8.11. The van der Waals surface area contributed by atoms with E-state index in [-0.39, 0.29) is 5.91 Å². The predicted molar refractivity (Wildman–Crippen MR) is 88.5 cm³/mol. The summed E-state index contributed by atoms with van der Waals surface area (Å²) in [7, 11) is 1.65. The van der Waals surface area contributed by atoms with Crippen molar-refractivity contribution in [1.82, 2.24) is 14.5 Å². The lowest BCUT2D eigenvalue weighted by Crippen LogP contribution is -2.41. The Labute approximate surface area is 136 Å². The van der Waals surface area contributed by atoms with Crippen molar-refractivity contribution in [3.63, 3.8) is 0 Å². The molecule has 1 aliphatic rings. The Morgan fingerprint density at radius 2 is 2.30 bits per heavy atom. The normalized spacial score (nSPS) is 18.0. The summed E-state index contributed by atoms with van der Waals surface area (Å²) in [5.74, 6) is 0.950. The lowest BCUT2D eigenvalue weighted by atomic mass is 10.0. The zero-order valence-corrected chi connectivity index (χ0v) is 13.7. The van der Waals surface area contributed by atoms with Crippen LogP contribution in [0.25, 0.3) is 0 Å².